The van der Waals surface area contributed by atoms with Crippen LogP contribution < -0.4 is 15.4 Å². The Labute approximate surface area is 172 Å². The van der Waals surface area contributed by atoms with Crippen LogP contribution in [0.15, 0.2) is 42.6 Å². The number of hydrogen-bond donors (Lipinski definition) is 2. The van der Waals surface area contributed by atoms with Crippen LogP contribution in [0, 0.1) is 0 Å². The van der Waals surface area contributed by atoms with Gasteiger partial charge < -0.3 is 20.1 Å². The molecule has 2 heterocycles. The van der Waals surface area contributed by atoms with E-state index < -0.39 is 0 Å². The minimum absolute atomic E-state index is 0.145. The van der Waals surface area contributed by atoms with Gasteiger partial charge in [0.2, 0.25) is 0 Å². The zero-order valence-corrected chi connectivity index (χ0v) is 17.4. The molecule has 1 aliphatic rings. The summed E-state index contributed by atoms with van der Waals surface area (Å²) in [5, 5.41) is 6.30. The number of carbonyl (C=O) groups excluding carboxylic acids is 1. The Bertz CT molecular complexity index is 802. The second-order valence-electron chi connectivity index (χ2n) is 7.58. The van der Waals surface area contributed by atoms with Gasteiger partial charge in [0.15, 0.2) is 0 Å². The van der Waals surface area contributed by atoms with Crippen molar-refractivity contribution in [1.82, 2.24) is 15.2 Å². The fourth-order valence-corrected chi connectivity index (χ4v) is 3.30. The highest BCUT2D eigenvalue weighted by Gasteiger charge is 2.29. The van der Waals surface area contributed by atoms with Crippen LogP contribution in [0.5, 0.6) is 5.75 Å². The summed E-state index contributed by atoms with van der Waals surface area (Å²) in [5.41, 5.74) is 1.21. The molecule has 0 aliphatic carbocycles. The van der Waals surface area contributed by atoms with Crippen molar-refractivity contribution in [2.24, 2.45) is 0 Å². The van der Waals surface area contributed by atoms with E-state index in [0.717, 1.165) is 37.7 Å². The van der Waals surface area contributed by atoms with Gasteiger partial charge in [-0.25, -0.2) is 4.98 Å². The van der Waals surface area contributed by atoms with Gasteiger partial charge in [-0.3, -0.25) is 9.69 Å². The van der Waals surface area contributed by atoms with Crippen molar-refractivity contribution in [3.63, 3.8) is 0 Å². The number of rotatable bonds is 8. The summed E-state index contributed by atoms with van der Waals surface area (Å²) in [6, 6.07) is 11.1. The van der Waals surface area contributed by atoms with Gasteiger partial charge in [0.25, 0.3) is 5.91 Å². The number of nitrogens with one attached hydrogen (secondary N) is 2. The van der Waals surface area contributed by atoms with E-state index in [4.69, 9.17) is 9.47 Å². The molecule has 0 saturated carbocycles. The van der Waals surface area contributed by atoms with Gasteiger partial charge in [0.1, 0.15) is 11.6 Å². The van der Waals surface area contributed by atoms with Crippen LogP contribution in [0.25, 0.3) is 0 Å². The van der Waals surface area contributed by atoms with E-state index in [9.17, 15) is 4.79 Å². The minimum atomic E-state index is -0.148. The summed E-state index contributed by atoms with van der Waals surface area (Å²) in [6.45, 7) is 10.6. The highest BCUT2D eigenvalue weighted by Crippen LogP contribution is 2.22. The molecule has 29 heavy (non-hydrogen) atoms. The molecule has 7 heteroatoms. The summed E-state index contributed by atoms with van der Waals surface area (Å²) in [6.07, 6.45) is 1.67. The van der Waals surface area contributed by atoms with E-state index >= 15 is 0 Å². The second kappa shape index (κ2) is 9.71. The number of pyridine rings is 1. The number of hydrogen-bond acceptors (Lipinski definition) is 6. The number of nitrogens with zero attached hydrogens (tertiary/aromatic N) is 2. The van der Waals surface area contributed by atoms with Crippen LogP contribution in [0.3, 0.4) is 0 Å². The molecule has 1 saturated heterocycles. The average molecular weight is 399 g/mol. The molecule has 1 amide bonds. The van der Waals surface area contributed by atoms with Gasteiger partial charge in [-0.1, -0.05) is 0 Å². The molecule has 0 unspecified atom stereocenters. The largest absolute Gasteiger partial charge is 0.494 e. The molecule has 2 N–H and O–H groups in total. The van der Waals surface area contributed by atoms with Crippen LogP contribution in [-0.4, -0.2) is 60.8 Å². The Hall–Kier alpha value is -2.64. The van der Waals surface area contributed by atoms with E-state index in [1.54, 1.807) is 18.3 Å². The van der Waals surface area contributed by atoms with E-state index in [1.807, 2.05) is 31.2 Å². The van der Waals surface area contributed by atoms with Crippen molar-refractivity contribution in [3.05, 3.63) is 48.2 Å². The Morgan fingerprint density at radius 2 is 1.93 bits per heavy atom. The van der Waals surface area contributed by atoms with Gasteiger partial charge in [-0.05, 0) is 57.2 Å². The number of benzene rings is 1. The summed E-state index contributed by atoms with van der Waals surface area (Å²) in [7, 11) is 0. The van der Waals surface area contributed by atoms with Crippen molar-refractivity contribution in [2.75, 3.05) is 44.8 Å². The lowest BCUT2D eigenvalue weighted by molar-refractivity contribution is -0.00923. The zero-order chi connectivity index (χ0) is 20.7. The molecule has 0 spiro atoms. The minimum Gasteiger partial charge on any atom is -0.494 e. The number of ether oxygens (including phenoxy) is 2. The van der Waals surface area contributed by atoms with Crippen molar-refractivity contribution < 1.29 is 14.3 Å². The summed E-state index contributed by atoms with van der Waals surface area (Å²) >= 11 is 0. The van der Waals surface area contributed by atoms with Crippen LogP contribution >= 0.6 is 0 Å². The highest BCUT2D eigenvalue weighted by molar-refractivity contribution is 5.99. The summed E-state index contributed by atoms with van der Waals surface area (Å²) < 4.78 is 10.9. The Balaban J connectivity index is 1.65. The standard InChI is InChI=1S/C22H30N4O3/c1-4-29-18-9-7-17(8-10-18)25-20-19(6-5-11-23-20)21(27)24-16-22(2,3)26-12-14-28-15-13-26/h5-11H,4,12-16H2,1-3H3,(H,23,25)(H,24,27). The van der Waals surface area contributed by atoms with Gasteiger partial charge >= 0.3 is 0 Å². The monoisotopic (exact) mass is 398 g/mol. The maximum atomic E-state index is 12.9. The molecule has 0 radical (unpaired) electrons. The predicted molar refractivity (Wildman–Crippen MR) is 114 cm³/mol. The molecule has 1 aromatic heterocycles. The normalized spacial score (nSPS) is 15.0. The SMILES string of the molecule is CCOc1ccc(Nc2ncccc2C(=O)NCC(C)(C)N2CCOCC2)cc1. The molecule has 1 fully saturated rings. The van der Waals surface area contributed by atoms with E-state index in [1.165, 1.54) is 0 Å². The third kappa shape index (κ3) is 5.68. The predicted octanol–water partition coefficient (Wildman–Crippen LogP) is 3.06. The maximum absolute atomic E-state index is 12.9. The van der Waals surface area contributed by atoms with Crippen LogP contribution in [0.1, 0.15) is 31.1 Å². The number of anilines is 2. The molecular formula is C22H30N4O3. The molecule has 1 aliphatic heterocycles. The molecule has 1 aromatic carbocycles. The topological polar surface area (TPSA) is 75.7 Å². The molecule has 7 nitrogen and oxygen atoms in total. The smallest absolute Gasteiger partial charge is 0.255 e. The van der Waals surface area contributed by atoms with Crippen molar-refractivity contribution in [3.8, 4) is 5.75 Å². The van der Waals surface area contributed by atoms with Crippen LogP contribution in [-0.2, 0) is 4.74 Å². The third-order valence-corrected chi connectivity index (χ3v) is 5.03. The maximum Gasteiger partial charge on any atom is 0.255 e. The molecule has 156 valence electrons. The van der Waals surface area contributed by atoms with Crippen LogP contribution in [0.2, 0.25) is 0 Å². The Kier molecular flexibility index (Phi) is 7.06. The number of amides is 1. The third-order valence-electron chi connectivity index (χ3n) is 5.03. The van der Waals surface area contributed by atoms with Gasteiger partial charge in [-0.15, -0.1) is 0 Å². The van der Waals surface area contributed by atoms with Gasteiger partial charge in [0.05, 0.1) is 25.4 Å². The molecule has 3 rings (SSSR count). The first-order valence-electron chi connectivity index (χ1n) is 10.1. The first-order valence-corrected chi connectivity index (χ1v) is 10.1. The van der Waals surface area contributed by atoms with Crippen molar-refractivity contribution >= 4 is 17.4 Å². The van der Waals surface area contributed by atoms with Gasteiger partial charge in [0, 0.05) is 37.1 Å². The fraction of sp³-hybridized carbons (Fsp3) is 0.455. The number of aromatic nitrogens is 1. The number of carbonyl (C=O) groups is 1. The quantitative estimate of drug-likeness (QED) is 0.712. The van der Waals surface area contributed by atoms with Gasteiger partial charge in [-0.2, -0.15) is 0 Å². The first kappa shape index (κ1) is 21.1. The number of morpholine rings is 1. The van der Waals surface area contributed by atoms with E-state index in [0.29, 0.717) is 24.5 Å². The lowest BCUT2D eigenvalue weighted by Crippen LogP contribution is -2.55. The lowest BCUT2D eigenvalue weighted by Gasteiger charge is -2.40. The highest BCUT2D eigenvalue weighted by atomic mass is 16.5. The van der Waals surface area contributed by atoms with E-state index in [2.05, 4.69) is 34.4 Å². The molecule has 0 bridgehead atoms. The summed E-state index contributed by atoms with van der Waals surface area (Å²) in [5.74, 6) is 1.19. The molecular weight excluding hydrogens is 368 g/mol. The van der Waals surface area contributed by atoms with E-state index in [-0.39, 0.29) is 11.4 Å². The average Bonchev–Trinajstić information content (AvgIpc) is 2.75. The Morgan fingerprint density at radius 1 is 1.21 bits per heavy atom. The zero-order valence-electron chi connectivity index (χ0n) is 17.4. The van der Waals surface area contributed by atoms with Crippen molar-refractivity contribution in [1.29, 1.82) is 0 Å². The first-order chi connectivity index (χ1) is 14.0. The fourth-order valence-electron chi connectivity index (χ4n) is 3.30. The lowest BCUT2D eigenvalue weighted by atomic mass is 10.0. The summed E-state index contributed by atoms with van der Waals surface area (Å²) in [4.78, 5) is 19.6. The molecule has 0 atom stereocenters. The second-order valence-corrected chi connectivity index (χ2v) is 7.58. The Morgan fingerprint density at radius 3 is 2.62 bits per heavy atom. The van der Waals surface area contributed by atoms with Crippen LogP contribution in [0.4, 0.5) is 11.5 Å². The molecule has 2 aromatic rings. The van der Waals surface area contributed by atoms with Crippen molar-refractivity contribution in [2.45, 2.75) is 26.3 Å².